The molecule has 1 aliphatic carbocycles. The van der Waals surface area contributed by atoms with Crippen molar-refractivity contribution in [3.63, 3.8) is 0 Å². The summed E-state index contributed by atoms with van der Waals surface area (Å²) in [6.07, 6.45) is 0.978. The average molecular weight is 585 g/mol. The first-order valence-corrected chi connectivity index (χ1v) is 8.95. The molecule has 0 saturated heterocycles. The molecule has 6 heteroatoms. The van der Waals surface area contributed by atoms with Crippen molar-refractivity contribution in [2.24, 2.45) is 5.73 Å². The summed E-state index contributed by atoms with van der Waals surface area (Å²) in [5.74, 6) is 0.957. The molecule has 3 nitrogen and oxygen atoms in total. The number of halogens is 3. The van der Waals surface area contributed by atoms with E-state index in [4.69, 9.17) is 15.2 Å². The predicted molar refractivity (Wildman–Crippen MR) is 97.0 cm³/mol. The van der Waals surface area contributed by atoms with Gasteiger partial charge in [-0.25, -0.2) is 0 Å². The lowest BCUT2D eigenvalue weighted by Crippen LogP contribution is -2.59. The summed E-state index contributed by atoms with van der Waals surface area (Å²) in [5, 5.41) is 0. The van der Waals surface area contributed by atoms with Crippen LogP contribution in [0, 0.1) is 10.7 Å². The minimum atomic E-state index is 0.0286. The van der Waals surface area contributed by atoms with Crippen LogP contribution < -0.4 is 10.5 Å². The Kier molecular flexibility index (Phi) is 5.80. The third kappa shape index (κ3) is 3.41. The summed E-state index contributed by atoms with van der Waals surface area (Å²) < 4.78 is 15.2. The normalized spacial score (nSPS) is 26.8. The van der Waals surface area contributed by atoms with Crippen LogP contribution in [-0.2, 0) is 4.74 Å². The molecule has 0 spiro atoms. The van der Waals surface area contributed by atoms with Crippen LogP contribution in [-0.4, -0.2) is 24.9 Å². The molecule has 100 valence electrons. The van der Waals surface area contributed by atoms with Crippen LogP contribution in [0.25, 0.3) is 0 Å². The number of benzene rings is 1. The lowest BCUT2D eigenvalue weighted by Gasteiger charge is -2.41. The van der Waals surface area contributed by atoms with E-state index in [2.05, 4.69) is 79.9 Å². The molecule has 3 atom stereocenters. The molecule has 1 aliphatic rings. The van der Waals surface area contributed by atoms with Gasteiger partial charge >= 0.3 is 0 Å². The molecular formula is C12H14I3NO2. The molecule has 18 heavy (non-hydrogen) atoms. The largest absolute Gasteiger partial charge is 0.485 e. The highest BCUT2D eigenvalue weighted by molar-refractivity contribution is 14.1. The maximum atomic E-state index is 6.08. The number of hydrogen-bond acceptors (Lipinski definition) is 3. The Labute approximate surface area is 148 Å². The molecule has 3 unspecified atom stereocenters. The minimum Gasteiger partial charge on any atom is -0.485 e. The van der Waals surface area contributed by atoms with Crippen LogP contribution in [0.15, 0.2) is 12.1 Å². The first kappa shape index (κ1) is 15.5. The Hall–Kier alpha value is 1.13. The van der Waals surface area contributed by atoms with Gasteiger partial charge in [-0.15, -0.1) is 0 Å². The summed E-state index contributed by atoms with van der Waals surface area (Å²) in [5.41, 5.74) is 5.94. The van der Waals surface area contributed by atoms with E-state index in [1.807, 2.05) is 6.92 Å². The molecule has 0 radical (unpaired) electrons. The Balaban J connectivity index is 2.10. The van der Waals surface area contributed by atoms with Crippen molar-refractivity contribution < 1.29 is 9.47 Å². The summed E-state index contributed by atoms with van der Waals surface area (Å²) in [6, 6.07) is 4.34. The fourth-order valence-electron chi connectivity index (χ4n) is 1.95. The molecule has 0 amide bonds. The summed E-state index contributed by atoms with van der Waals surface area (Å²) in [4.78, 5) is 0. The molecule has 0 bridgehead atoms. The van der Waals surface area contributed by atoms with Crippen molar-refractivity contribution in [1.29, 1.82) is 0 Å². The first-order chi connectivity index (χ1) is 8.52. The van der Waals surface area contributed by atoms with E-state index in [1.165, 1.54) is 3.57 Å². The lowest BCUT2D eigenvalue weighted by molar-refractivity contribution is -0.0950. The van der Waals surface area contributed by atoms with E-state index >= 15 is 0 Å². The SMILES string of the molecule is CCOC1C(N)CC1Oc1c(I)cc(I)cc1I. The van der Waals surface area contributed by atoms with Crippen LogP contribution in [0.5, 0.6) is 5.75 Å². The van der Waals surface area contributed by atoms with Crippen LogP contribution in [0.1, 0.15) is 13.3 Å². The van der Waals surface area contributed by atoms with Gasteiger partial charge in [0.15, 0.2) is 0 Å². The average Bonchev–Trinajstić information content (AvgIpc) is 2.29. The standard InChI is InChI=1S/C12H14I3NO2/c1-2-17-12-9(16)5-10(12)18-11-7(14)3-6(13)4-8(11)15/h3-4,9-10,12H,2,5,16H2,1H3. The van der Waals surface area contributed by atoms with E-state index < -0.39 is 0 Å². The van der Waals surface area contributed by atoms with E-state index in [0.29, 0.717) is 6.61 Å². The Morgan fingerprint density at radius 1 is 1.28 bits per heavy atom. The Bertz CT molecular complexity index is 418. The zero-order valence-electron chi connectivity index (χ0n) is 9.83. The van der Waals surface area contributed by atoms with Crippen molar-refractivity contribution in [2.45, 2.75) is 31.6 Å². The maximum absolute atomic E-state index is 6.08. The molecule has 1 fully saturated rings. The second-order valence-electron chi connectivity index (χ2n) is 4.17. The van der Waals surface area contributed by atoms with Crippen LogP contribution in [0.3, 0.4) is 0 Å². The molecule has 0 aromatic heterocycles. The van der Waals surface area contributed by atoms with Crippen LogP contribution in [0.2, 0.25) is 0 Å². The third-order valence-electron chi connectivity index (χ3n) is 2.88. The molecule has 0 heterocycles. The van der Waals surface area contributed by atoms with Crippen molar-refractivity contribution in [1.82, 2.24) is 0 Å². The van der Waals surface area contributed by atoms with Gasteiger partial charge in [-0.2, -0.15) is 0 Å². The topological polar surface area (TPSA) is 44.5 Å². The Morgan fingerprint density at radius 3 is 2.39 bits per heavy atom. The predicted octanol–water partition coefficient (Wildman–Crippen LogP) is 3.38. The van der Waals surface area contributed by atoms with Gasteiger partial charge in [0.1, 0.15) is 18.0 Å². The van der Waals surface area contributed by atoms with Gasteiger partial charge in [0.25, 0.3) is 0 Å². The van der Waals surface area contributed by atoms with E-state index in [9.17, 15) is 0 Å². The fraction of sp³-hybridized carbons (Fsp3) is 0.500. The van der Waals surface area contributed by atoms with Crippen molar-refractivity contribution in [2.75, 3.05) is 6.61 Å². The molecule has 0 aliphatic heterocycles. The van der Waals surface area contributed by atoms with Gasteiger partial charge in [-0.3, -0.25) is 0 Å². The number of rotatable bonds is 4. The summed E-state index contributed by atoms with van der Waals surface area (Å²) >= 11 is 6.94. The van der Waals surface area contributed by atoms with Crippen LogP contribution >= 0.6 is 67.8 Å². The molecule has 2 rings (SSSR count). The molecule has 1 aromatic carbocycles. The lowest BCUT2D eigenvalue weighted by atomic mass is 9.86. The van der Waals surface area contributed by atoms with Crippen LogP contribution in [0.4, 0.5) is 0 Å². The number of ether oxygens (including phenoxy) is 2. The highest BCUT2D eigenvalue weighted by atomic mass is 127. The molecule has 1 saturated carbocycles. The third-order valence-corrected chi connectivity index (χ3v) is 5.11. The maximum Gasteiger partial charge on any atom is 0.146 e. The van der Waals surface area contributed by atoms with Gasteiger partial charge in [0, 0.05) is 22.6 Å². The van der Waals surface area contributed by atoms with E-state index in [-0.39, 0.29) is 18.2 Å². The van der Waals surface area contributed by atoms with Crippen molar-refractivity contribution in [3.8, 4) is 5.75 Å². The highest BCUT2D eigenvalue weighted by Crippen LogP contribution is 2.34. The van der Waals surface area contributed by atoms with Crippen molar-refractivity contribution in [3.05, 3.63) is 22.8 Å². The first-order valence-electron chi connectivity index (χ1n) is 5.71. The highest BCUT2D eigenvalue weighted by Gasteiger charge is 2.41. The quantitative estimate of drug-likeness (QED) is 0.552. The van der Waals surface area contributed by atoms with E-state index in [1.54, 1.807) is 0 Å². The molecule has 1 aromatic rings. The number of nitrogens with two attached hydrogens (primary N) is 1. The summed E-state index contributed by atoms with van der Waals surface area (Å²) in [6.45, 7) is 2.67. The van der Waals surface area contributed by atoms with Gasteiger partial charge < -0.3 is 15.2 Å². The van der Waals surface area contributed by atoms with Gasteiger partial charge in [-0.05, 0) is 86.8 Å². The van der Waals surface area contributed by atoms with E-state index in [0.717, 1.165) is 19.3 Å². The van der Waals surface area contributed by atoms with Gasteiger partial charge in [0.2, 0.25) is 0 Å². The number of hydrogen-bond donors (Lipinski definition) is 1. The molecular weight excluding hydrogens is 571 g/mol. The molecule has 2 N–H and O–H groups in total. The monoisotopic (exact) mass is 585 g/mol. The smallest absolute Gasteiger partial charge is 0.146 e. The fourth-order valence-corrected chi connectivity index (χ4v) is 5.78. The van der Waals surface area contributed by atoms with Crippen molar-refractivity contribution >= 4 is 67.8 Å². The van der Waals surface area contributed by atoms with Gasteiger partial charge in [0.05, 0.1) is 7.14 Å². The summed E-state index contributed by atoms with van der Waals surface area (Å²) in [7, 11) is 0. The second kappa shape index (κ2) is 6.72. The Morgan fingerprint density at radius 2 is 1.89 bits per heavy atom. The zero-order valence-corrected chi connectivity index (χ0v) is 16.3. The van der Waals surface area contributed by atoms with Gasteiger partial charge in [-0.1, -0.05) is 0 Å². The minimum absolute atomic E-state index is 0.0286. The zero-order chi connectivity index (χ0) is 13.3. The second-order valence-corrected chi connectivity index (χ2v) is 7.74.